The molecule has 0 aromatic carbocycles. The van der Waals surface area contributed by atoms with Gasteiger partial charge in [-0.25, -0.2) is 0 Å². The molecule has 1 heterocycles. The molecule has 0 saturated heterocycles. The maximum atomic E-state index is 4.20. The highest BCUT2D eigenvalue weighted by molar-refractivity contribution is 7.80. The number of pyridine rings is 1. The first-order valence-corrected chi connectivity index (χ1v) is 4.11. The molecule has 0 radical (unpaired) electrons. The summed E-state index contributed by atoms with van der Waals surface area (Å²) in [5, 5.41) is 3.42. The summed E-state index contributed by atoms with van der Waals surface area (Å²) in [6.45, 7) is 2.83. The van der Waals surface area contributed by atoms with Crippen LogP contribution in [0.1, 0.15) is 12.5 Å². The monoisotopic (exact) mass is 168 g/mol. The van der Waals surface area contributed by atoms with Gasteiger partial charge in [-0.15, -0.1) is 0 Å². The minimum Gasteiger partial charge on any atom is -0.302 e. The molecule has 0 spiro atoms. The van der Waals surface area contributed by atoms with E-state index in [4.69, 9.17) is 0 Å². The fourth-order valence-electron chi connectivity index (χ4n) is 0.768. The molecule has 1 unspecified atom stereocenters. The summed E-state index contributed by atoms with van der Waals surface area (Å²) >= 11 is 4.20. The molecule has 1 aromatic heterocycles. The molecule has 0 fully saturated rings. The van der Waals surface area contributed by atoms with Crippen molar-refractivity contribution >= 4 is 12.6 Å². The van der Waals surface area contributed by atoms with E-state index in [2.05, 4.69) is 22.9 Å². The van der Waals surface area contributed by atoms with Gasteiger partial charge in [0.15, 0.2) is 0 Å². The van der Waals surface area contributed by atoms with E-state index < -0.39 is 0 Å². The predicted molar refractivity (Wildman–Crippen MR) is 49.5 cm³/mol. The molecule has 0 aliphatic rings. The zero-order chi connectivity index (χ0) is 8.10. The van der Waals surface area contributed by atoms with E-state index >= 15 is 0 Å². The van der Waals surface area contributed by atoms with Crippen molar-refractivity contribution in [3.05, 3.63) is 30.1 Å². The molecule has 0 bridgehead atoms. The van der Waals surface area contributed by atoms with Crippen molar-refractivity contribution in [2.75, 3.05) is 0 Å². The molecule has 1 atom stereocenters. The van der Waals surface area contributed by atoms with Crippen LogP contribution in [-0.2, 0) is 6.54 Å². The zero-order valence-corrected chi connectivity index (χ0v) is 7.38. The number of nitrogens with one attached hydrogen (secondary N) is 1. The molecule has 0 saturated carbocycles. The third-order valence-corrected chi connectivity index (χ3v) is 1.51. The lowest BCUT2D eigenvalue weighted by Gasteiger charge is -2.05. The Kier molecular flexibility index (Phi) is 3.39. The minimum absolute atomic E-state index is 0.232. The van der Waals surface area contributed by atoms with E-state index in [0.717, 1.165) is 6.54 Å². The van der Waals surface area contributed by atoms with E-state index in [9.17, 15) is 0 Å². The second-order valence-corrected chi connectivity index (χ2v) is 3.19. The highest BCUT2D eigenvalue weighted by Gasteiger charge is 1.93. The molecule has 60 valence electrons. The number of aromatic nitrogens is 1. The van der Waals surface area contributed by atoms with Crippen molar-refractivity contribution in [2.45, 2.75) is 18.8 Å². The van der Waals surface area contributed by atoms with Crippen LogP contribution in [0.25, 0.3) is 0 Å². The van der Waals surface area contributed by atoms with E-state index in [-0.39, 0.29) is 5.37 Å². The Bertz CT molecular complexity index is 199. The van der Waals surface area contributed by atoms with E-state index in [1.807, 2.05) is 25.3 Å². The van der Waals surface area contributed by atoms with Gasteiger partial charge in [-0.2, -0.15) is 12.6 Å². The molecule has 3 heteroatoms. The SMILES string of the molecule is CC(S)NCc1cccnc1. The quantitative estimate of drug-likeness (QED) is 0.527. The smallest absolute Gasteiger partial charge is 0.0476 e. The predicted octanol–water partition coefficient (Wildman–Crippen LogP) is 1.45. The normalized spacial score (nSPS) is 12.9. The first-order chi connectivity index (χ1) is 5.29. The lowest BCUT2D eigenvalue weighted by molar-refractivity contribution is 0.689. The molecule has 0 aliphatic heterocycles. The Balaban J connectivity index is 2.39. The highest BCUT2D eigenvalue weighted by atomic mass is 32.1. The molecular weight excluding hydrogens is 156 g/mol. The Morgan fingerprint density at radius 2 is 2.55 bits per heavy atom. The Morgan fingerprint density at radius 1 is 1.73 bits per heavy atom. The van der Waals surface area contributed by atoms with Crippen LogP contribution >= 0.6 is 12.6 Å². The molecular formula is C8H12N2S. The summed E-state index contributed by atoms with van der Waals surface area (Å²) in [6, 6.07) is 3.97. The van der Waals surface area contributed by atoms with Crippen molar-refractivity contribution in [3.8, 4) is 0 Å². The third-order valence-electron chi connectivity index (χ3n) is 1.32. The molecule has 1 aromatic rings. The van der Waals surface area contributed by atoms with E-state index in [0.29, 0.717) is 0 Å². The molecule has 11 heavy (non-hydrogen) atoms. The van der Waals surface area contributed by atoms with Crippen LogP contribution in [0.3, 0.4) is 0 Å². The summed E-state index contributed by atoms with van der Waals surface area (Å²) in [7, 11) is 0. The van der Waals surface area contributed by atoms with Gasteiger partial charge in [0.05, 0.1) is 0 Å². The minimum atomic E-state index is 0.232. The third kappa shape index (κ3) is 3.39. The average molecular weight is 168 g/mol. The summed E-state index contributed by atoms with van der Waals surface area (Å²) in [5.41, 5.74) is 1.19. The van der Waals surface area contributed by atoms with Crippen LogP contribution in [0.4, 0.5) is 0 Å². The second kappa shape index (κ2) is 4.36. The van der Waals surface area contributed by atoms with Crippen LogP contribution in [0.15, 0.2) is 24.5 Å². The Hall–Kier alpha value is -0.540. The van der Waals surface area contributed by atoms with Gasteiger partial charge >= 0.3 is 0 Å². The Morgan fingerprint density at radius 3 is 3.09 bits per heavy atom. The lowest BCUT2D eigenvalue weighted by atomic mass is 10.3. The van der Waals surface area contributed by atoms with Gasteiger partial charge in [0, 0.05) is 24.3 Å². The van der Waals surface area contributed by atoms with Gasteiger partial charge in [-0.3, -0.25) is 4.98 Å². The maximum absolute atomic E-state index is 4.20. The average Bonchev–Trinajstić information content (AvgIpc) is 2.03. The van der Waals surface area contributed by atoms with Crippen molar-refractivity contribution in [1.29, 1.82) is 0 Å². The summed E-state index contributed by atoms with van der Waals surface area (Å²) < 4.78 is 0. The fraction of sp³-hybridized carbons (Fsp3) is 0.375. The standard InChI is InChI=1S/C8H12N2S/c1-7(11)10-6-8-3-2-4-9-5-8/h2-5,7,10-11H,6H2,1H3. The van der Waals surface area contributed by atoms with Gasteiger partial charge < -0.3 is 5.32 Å². The van der Waals surface area contributed by atoms with Crippen LogP contribution in [-0.4, -0.2) is 10.4 Å². The molecule has 1 N–H and O–H groups in total. The van der Waals surface area contributed by atoms with Gasteiger partial charge in [0.2, 0.25) is 0 Å². The highest BCUT2D eigenvalue weighted by Crippen LogP contribution is 1.96. The van der Waals surface area contributed by atoms with Crippen LogP contribution < -0.4 is 5.32 Å². The molecule has 0 amide bonds. The number of rotatable bonds is 3. The fourth-order valence-corrected chi connectivity index (χ4v) is 0.860. The first kappa shape index (κ1) is 8.56. The van der Waals surface area contributed by atoms with Gasteiger partial charge in [-0.05, 0) is 18.6 Å². The van der Waals surface area contributed by atoms with Crippen LogP contribution in [0.2, 0.25) is 0 Å². The van der Waals surface area contributed by atoms with Gasteiger partial charge in [-0.1, -0.05) is 6.07 Å². The van der Waals surface area contributed by atoms with Gasteiger partial charge in [0.1, 0.15) is 0 Å². The summed E-state index contributed by atoms with van der Waals surface area (Å²) in [5.74, 6) is 0. The number of hydrogen-bond donors (Lipinski definition) is 2. The summed E-state index contributed by atoms with van der Waals surface area (Å²) in [4.78, 5) is 4.00. The molecule has 1 rings (SSSR count). The van der Waals surface area contributed by atoms with Crippen molar-refractivity contribution in [1.82, 2.24) is 10.3 Å². The first-order valence-electron chi connectivity index (χ1n) is 3.59. The maximum Gasteiger partial charge on any atom is 0.0476 e. The van der Waals surface area contributed by atoms with Crippen molar-refractivity contribution in [3.63, 3.8) is 0 Å². The Labute approximate surface area is 72.5 Å². The van der Waals surface area contributed by atoms with Crippen molar-refractivity contribution in [2.24, 2.45) is 0 Å². The largest absolute Gasteiger partial charge is 0.302 e. The molecule has 0 aliphatic carbocycles. The van der Waals surface area contributed by atoms with Gasteiger partial charge in [0.25, 0.3) is 0 Å². The topological polar surface area (TPSA) is 24.9 Å². The molecule has 2 nitrogen and oxygen atoms in total. The lowest BCUT2D eigenvalue weighted by Crippen LogP contribution is -2.19. The second-order valence-electron chi connectivity index (χ2n) is 2.42. The van der Waals surface area contributed by atoms with Crippen LogP contribution in [0, 0.1) is 0 Å². The number of hydrogen-bond acceptors (Lipinski definition) is 3. The van der Waals surface area contributed by atoms with Crippen molar-refractivity contribution < 1.29 is 0 Å². The number of thiol groups is 1. The van der Waals surface area contributed by atoms with E-state index in [1.165, 1.54) is 5.56 Å². The zero-order valence-electron chi connectivity index (χ0n) is 6.49. The summed E-state index contributed by atoms with van der Waals surface area (Å²) in [6.07, 6.45) is 3.62. The van der Waals surface area contributed by atoms with Crippen LogP contribution in [0.5, 0.6) is 0 Å². The van der Waals surface area contributed by atoms with E-state index in [1.54, 1.807) is 6.20 Å². The number of nitrogens with zero attached hydrogens (tertiary/aromatic N) is 1.